The minimum atomic E-state index is -0.896. The van der Waals surface area contributed by atoms with Gasteiger partial charge in [0.15, 0.2) is 0 Å². The minimum absolute atomic E-state index is 0.321. The molecule has 1 aliphatic rings. The molecule has 1 fully saturated rings. The van der Waals surface area contributed by atoms with E-state index in [1.807, 2.05) is 13.8 Å². The number of carboxylic acid groups (broad SMARTS) is 1. The predicted molar refractivity (Wildman–Crippen MR) is 66.0 cm³/mol. The maximum absolute atomic E-state index is 11.2. The number of rotatable bonds is 3. The van der Waals surface area contributed by atoms with E-state index in [4.69, 9.17) is 4.52 Å². The van der Waals surface area contributed by atoms with Crippen LogP contribution in [0.3, 0.4) is 0 Å². The fraction of sp³-hybridized carbons (Fsp3) is 0.417. The molecule has 0 aromatic carbocycles. The molecule has 18 heavy (non-hydrogen) atoms. The van der Waals surface area contributed by atoms with Gasteiger partial charge in [0.1, 0.15) is 15.6 Å². The summed E-state index contributed by atoms with van der Waals surface area (Å²) in [6, 6.07) is 0. The van der Waals surface area contributed by atoms with Crippen LogP contribution in [0.2, 0.25) is 0 Å². The van der Waals surface area contributed by atoms with Crippen LogP contribution in [-0.4, -0.2) is 21.2 Å². The van der Waals surface area contributed by atoms with Gasteiger partial charge in [-0.25, -0.2) is 9.78 Å². The van der Waals surface area contributed by atoms with Crippen molar-refractivity contribution in [2.75, 3.05) is 0 Å². The van der Waals surface area contributed by atoms with Gasteiger partial charge in [0.25, 0.3) is 0 Å². The van der Waals surface area contributed by atoms with Gasteiger partial charge >= 0.3 is 5.97 Å². The number of nitrogens with zero attached hydrogens (tertiary/aromatic N) is 2. The van der Waals surface area contributed by atoms with Gasteiger partial charge in [0.2, 0.25) is 0 Å². The summed E-state index contributed by atoms with van der Waals surface area (Å²) >= 11 is 1.21. The summed E-state index contributed by atoms with van der Waals surface area (Å²) in [5, 5.41) is 13.8. The number of aromatic carboxylic acids is 1. The molecule has 2 aromatic heterocycles. The lowest BCUT2D eigenvalue weighted by molar-refractivity contribution is 0.0700. The SMILES string of the molecule is Cc1noc(C)c1-c1nc(C2CC2)c(C(=O)O)s1. The second kappa shape index (κ2) is 3.91. The second-order valence-corrected chi connectivity index (χ2v) is 5.51. The molecule has 5 nitrogen and oxygen atoms in total. The van der Waals surface area contributed by atoms with E-state index in [0.29, 0.717) is 21.6 Å². The van der Waals surface area contributed by atoms with Crippen molar-refractivity contribution in [2.45, 2.75) is 32.6 Å². The number of hydrogen-bond acceptors (Lipinski definition) is 5. The first-order valence-electron chi connectivity index (χ1n) is 5.75. The summed E-state index contributed by atoms with van der Waals surface area (Å²) in [7, 11) is 0. The summed E-state index contributed by atoms with van der Waals surface area (Å²) in [5.41, 5.74) is 2.30. The highest BCUT2D eigenvalue weighted by Gasteiger charge is 2.33. The zero-order valence-electron chi connectivity index (χ0n) is 10.1. The van der Waals surface area contributed by atoms with Crippen molar-refractivity contribution in [3.8, 4) is 10.6 Å². The number of thiazole rings is 1. The Morgan fingerprint density at radius 1 is 1.44 bits per heavy atom. The zero-order chi connectivity index (χ0) is 12.9. The Morgan fingerprint density at radius 2 is 2.17 bits per heavy atom. The van der Waals surface area contributed by atoms with Gasteiger partial charge < -0.3 is 9.63 Å². The van der Waals surface area contributed by atoms with E-state index in [-0.39, 0.29) is 0 Å². The largest absolute Gasteiger partial charge is 0.477 e. The lowest BCUT2D eigenvalue weighted by atomic mass is 10.2. The molecule has 94 valence electrons. The first-order valence-corrected chi connectivity index (χ1v) is 6.57. The summed E-state index contributed by atoms with van der Waals surface area (Å²) in [4.78, 5) is 16.1. The Hall–Kier alpha value is -1.69. The standard InChI is InChI=1S/C12H12N2O3S/c1-5-8(6(2)17-14-5)11-13-9(7-3-4-7)10(18-11)12(15)16/h7H,3-4H2,1-2H3,(H,15,16). The van der Waals surface area contributed by atoms with Crippen molar-refractivity contribution in [3.63, 3.8) is 0 Å². The Balaban J connectivity index is 2.13. The quantitative estimate of drug-likeness (QED) is 0.922. The fourth-order valence-corrected chi connectivity index (χ4v) is 3.15. The van der Waals surface area contributed by atoms with Crippen LogP contribution in [-0.2, 0) is 0 Å². The van der Waals surface area contributed by atoms with Crippen LogP contribution in [0.15, 0.2) is 4.52 Å². The molecule has 0 aliphatic heterocycles. The van der Waals surface area contributed by atoms with E-state index in [0.717, 1.165) is 29.8 Å². The zero-order valence-corrected chi connectivity index (χ0v) is 10.9. The fourth-order valence-electron chi connectivity index (χ4n) is 2.01. The maximum atomic E-state index is 11.2. The van der Waals surface area contributed by atoms with Crippen molar-refractivity contribution in [3.05, 3.63) is 22.0 Å². The third kappa shape index (κ3) is 1.73. The first kappa shape index (κ1) is 11.4. The summed E-state index contributed by atoms with van der Waals surface area (Å²) in [6.45, 7) is 3.65. The second-order valence-electron chi connectivity index (χ2n) is 4.51. The molecule has 0 spiro atoms. The third-order valence-electron chi connectivity index (χ3n) is 3.06. The van der Waals surface area contributed by atoms with E-state index in [9.17, 15) is 9.90 Å². The summed E-state index contributed by atoms with van der Waals surface area (Å²) in [6.07, 6.45) is 2.07. The van der Waals surface area contributed by atoms with Crippen LogP contribution in [0.25, 0.3) is 10.6 Å². The van der Waals surface area contributed by atoms with E-state index in [2.05, 4.69) is 10.1 Å². The highest BCUT2D eigenvalue weighted by atomic mass is 32.1. The Labute approximate surface area is 107 Å². The van der Waals surface area contributed by atoms with Crippen LogP contribution in [0, 0.1) is 13.8 Å². The molecule has 2 heterocycles. The minimum Gasteiger partial charge on any atom is -0.477 e. The van der Waals surface area contributed by atoms with E-state index in [1.54, 1.807) is 0 Å². The third-order valence-corrected chi connectivity index (χ3v) is 4.14. The summed E-state index contributed by atoms with van der Waals surface area (Å²) < 4.78 is 5.10. The van der Waals surface area contributed by atoms with Gasteiger partial charge in [0.05, 0.1) is 17.0 Å². The van der Waals surface area contributed by atoms with Crippen molar-refractivity contribution in [1.29, 1.82) is 0 Å². The molecule has 0 bridgehead atoms. The lowest BCUT2D eigenvalue weighted by Gasteiger charge is -1.92. The van der Waals surface area contributed by atoms with Crippen molar-refractivity contribution >= 4 is 17.3 Å². The number of carbonyl (C=O) groups is 1. The summed E-state index contributed by atoms with van der Waals surface area (Å²) in [5.74, 6) is 0.106. The molecule has 6 heteroatoms. The molecular weight excluding hydrogens is 252 g/mol. The van der Waals surface area contributed by atoms with E-state index < -0.39 is 5.97 Å². The highest BCUT2D eigenvalue weighted by Crippen LogP contribution is 2.44. The Kier molecular flexibility index (Phi) is 2.48. The van der Waals surface area contributed by atoms with Crippen LogP contribution < -0.4 is 0 Å². The molecular formula is C12H12N2O3S. The molecule has 0 amide bonds. The predicted octanol–water partition coefficient (Wildman–Crippen LogP) is 2.99. The topological polar surface area (TPSA) is 76.2 Å². The van der Waals surface area contributed by atoms with Gasteiger partial charge in [-0.3, -0.25) is 0 Å². The molecule has 2 aromatic rings. The average molecular weight is 264 g/mol. The Morgan fingerprint density at radius 3 is 2.67 bits per heavy atom. The van der Waals surface area contributed by atoms with Crippen molar-refractivity contribution in [1.82, 2.24) is 10.1 Å². The monoisotopic (exact) mass is 264 g/mol. The van der Waals surface area contributed by atoms with Crippen molar-refractivity contribution < 1.29 is 14.4 Å². The van der Waals surface area contributed by atoms with Crippen molar-refractivity contribution in [2.24, 2.45) is 0 Å². The molecule has 1 N–H and O–H groups in total. The number of carboxylic acids is 1. The van der Waals surface area contributed by atoms with Crippen LogP contribution in [0.5, 0.6) is 0 Å². The average Bonchev–Trinajstić information content (AvgIpc) is 2.98. The van der Waals surface area contributed by atoms with Crippen LogP contribution >= 0.6 is 11.3 Å². The first-order chi connectivity index (χ1) is 8.58. The van der Waals surface area contributed by atoms with Gasteiger partial charge in [-0.05, 0) is 26.7 Å². The molecule has 0 atom stereocenters. The molecule has 0 unspecified atom stereocenters. The normalized spacial score (nSPS) is 15.0. The number of aryl methyl sites for hydroxylation is 2. The number of hydrogen-bond donors (Lipinski definition) is 1. The van der Waals surface area contributed by atoms with Crippen LogP contribution in [0.4, 0.5) is 0 Å². The molecule has 1 saturated carbocycles. The van der Waals surface area contributed by atoms with Gasteiger partial charge in [-0.15, -0.1) is 11.3 Å². The molecule has 0 saturated heterocycles. The molecule has 1 aliphatic carbocycles. The smallest absolute Gasteiger partial charge is 0.347 e. The van der Waals surface area contributed by atoms with E-state index in [1.165, 1.54) is 11.3 Å². The van der Waals surface area contributed by atoms with Crippen LogP contribution in [0.1, 0.15) is 45.6 Å². The Bertz CT molecular complexity index is 606. The van der Waals surface area contributed by atoms with E-state index >= 15 is 0 Å². The molecule has 0 radical (unpaired) electrons. The van der Waals surface area contributed by atoms with Gasteiger partial charge in [0, 0.05) is 5.92 Å². The molecule has 3 rings (SSSR count). The van der Waals surface area contributed by atoms with Gasteiger partial charge in [-0.1, -0.05) is 5.16 Å². The highest BCUT2D eigenvalue weighted by molar-refractivity contribution is 7.17. The van der Waals surface area contributed by atoms with Gasteiger partial charge in [-0.2, -0.15) is 0 Å². The lowest BCUT2D eigenvalue weighted by Crippen LogP contribution is -1.97. The number of aromatic nitrogens is 2. The maximum Gasteiger partial charge on any atom is 0.347 e.